The normalized spacial score (nSPS) is 18.5. The number of methoxy groups -OCH3 is 3. The first kappa shape index (κ1) is 56.9. The van der Waals surface area contributed by atoms with Gasteiger partial charge in [0.2, 0.25) is 23.6 Å². The Bertz CT molecular complexity index is 3260. The maximum atomic E-state index is 14.5. The van der Waals surface area contributed by atoms with Crippen molar-refractivity contribution in [2.75, 3.05) is 46.4 Å². The van der Waals surface area contributed by atoms with Gasteiger partial charge in [-0.15, -0.1) is 0 Å². The maximum absolute atomic E-state index is 14.5. The number of carbonyl (C=O) groups is 6. The number of benzene rings is 4. The fourth-order valence-electron chi connectivity index (χ4n) is 10.1. The molecule has 0 saturated carbocycles. The number of carbonyl (C=O) groups excluding carboxylic acids is 6. The highest BCUT2D eigenvalue weighted by Gasteiger charge is 2.36. The SMILES string of the molecule is COc1ccc(C2=CN3C(=O)c4cc(OC)c(OCCCOc5cc6c(cc5OC)C(=O)N5C=C(c7ccc(NC(=O)[C@H](C)NC(=O)[C@@H](NC(=O)CCCCCN8C(=O)C=CC8O)C(C)C)cc7)C[C@H]5C=N6)cc4N=C[C@@H]3C2)cc1F. The van der Waals surface area contributed by atoms with Crippen molar-refractivity contribution in [2.24, 2.45) is 15.9 Å². The predicted molar refractivity (Wildman–Crippen MR) is 301 cm³/mol. The van der Waals surface area contributed by atoms with Crippen molar-refractivity contribution >= 4 is 76.1 Å². The summed E-state index contributed by atoms with van der Waals surface area (Å²) < 4.78 is 43.2. The Labute approximate surface area is 468 Å². The van der Waals surface area contributed by atoms with Gasteiger partial charge in [0.1, 0.15) is 18.3 Å². The van der Waals surface area contributed by atoms with Gasteiger partial charge in [-0.2, -0.15) is 0 Å². The quantitative estimate of drug-likeness (QED) is 0.0528. The maximum Gasteiger partial charge on any atom is 0.260 e. The number of unbranched alkanes of at least 4 members (excludes halogenated alkanes) is 2. The number of nitrogens with one attached hydrogen (secondary N) is 3. The molecule has 9 rings (SSSR count). The third-order valence-corrected chi connectivity index (χ3v) is 14.6. The second-order valence-corrected chi connectivity index (χ2v) is 20.5. The van der Waals surface area contributed by atoms with Crippen molar-refractivity contribution < 1.29 is 61.9 Å². The van der Waals surface area contributed by atoms with E-state index < -0.39 is 35.9 Å². The number of aliphatic hydroxyl groups excluding tert-OH is 1. The van der Waals surface area contributed by atoms with Gasteiger partial charge in [-0.25, -0.2) is 4.39 Å². The highest BCUT2D eigenvalue weighted by Crippen LogP contribution is 2.42. The van der Waals surface area contributed by atoms with Crippen LogP contribution in [0.5, 0.6) is 28.7 Å². The number of ether oxygens (including phenoxy) is 5. The van der Waals surface area contributed by atoms with Crippen LogP contribution in [0.2, 0.25) is 0 Å². The molecule has 0 aromatic heterocycles. The van der Waals surface area contributed by atoms with Gasteiger partial charge in [0.15, 0.2) is 34.6 Å². The largest absolute Gasteiger partial charge is 0.494 e. The second kappa shape index (κ2) is 25.1. The number of nitrogens with zero attached hydrogens (tertiary/aromatic N) is 5. The van der Waals surface area contributed by atoms with Crippen LogP contribution < -0.4 is 39.6 Å². The molecule has 0 saturated heterocycles. The molecule has 20 nitrogen and oxygen atoms in total. The molecule has 5 atom stereocenters. The summed E-state index contributed by atoms with van der Waals surface area (Å²) in [5, 5.41) is 18.2. The predicted octanol–water partition coefficient (Wildman–Crippen LogP) is 7.50. The fourth-order valence-corrected chi connectivity index (χ4v) is 10.1. The zero-order valence-electron chi connectivity index (χ0n) is 45.9. The monoisotopic (exact) mass is 1110 g/mol. The second-order valence-electron chi connectivity index (χ2n) is 20.5. The number of hydrogen-bond donors (Lipinski definition) is 4. The molecule has 5 aliphatic heterocycles. The van der Waals surface area contributed by atoms with Crippen LogP contribution >= 0.6 is 0 Å². The van der Waals surface area contributed by atoms with Gasteiger partial charge in [-0.1, -0.05) is 38.5 Å². The minimum absolute atomic E-state index is 0.139. The van der Waals surface area contributed by atoms with Crippen molar-refractivity contribution in [3.8, 4) is 28.7 Å². The summed E-state index contributed by atoms with van der Waals surface area (Å²) in [6, 6.07) is 15.9. The highest BCUT2D eigenvalue weighted by atomic mass is 19.1. The topological polar surface area (TPSA) is 239 Å². The third kappa shape index (κ3) is 12.8. The molecular formula is C60H65FN8O12. The van der Waals surface area contributed by atoms with Crippen molar-refractivity contribution in [3.63, 3.8) is 0 Å². The van der Waals surface area contributed by atoms with E-state index in [4.69, 9.17) is 28.7 Å². The van der Waals surface area contributed by atoms with Crippen molar-refractivity contribution in [2.45, 2.75) is 96.1 Å². The van der Waals surface area contributed by atoms with Crippen LogP contribution in [0.25, 0.3) is 11.1 Å². The molecule has 81 heavy (non-hydrogen) atoms. The molecule has 6 amide bonds. The van der Waals surface area contributed by atoms with E-state index in [1.54, 1.807) is 104 Å². The van der Waals surface area contributed by atoms with E-state index in [1.165, 1.54) is 44.4 Å². The number of rotatable bonds is 23. The van der Waals surface area contributed by atoms with Crippen LogP contribution in [0.1, 0.15) is 97.6 Å². The van der Waals surface area contributed by atoms with Crippen LogP contribution in [0.3, 0.4) is 0 Å². The number of amides is 6. The average Bonchev–Trinajstić information content (AvgIpc) is 4.21. The number of aliphatic hydroxyl groups is 1. The molecule has 424 valence electrons. The van der Waals surface area contributed by atoms with Crippen LogP contribution in [-0.2, 0) is 19.2 Å². The lowest BCUT2D eigenvalue weighted by Crippen LogP contribution is -2.53. The minimum atomic E-state index is -0.925. The Hall–Kier alpha value is -8.85. The lowest BCUT2D eigenvalue weighted by atomic mass is 10.0. The van der Waals surface area contributed by atoms with E-state index in [-0.39, 0.29) is 67.0 Å². The molecule has 0 aliphatic carbocycles. The van der Waals surface area contributed by atoms with Gasteiger partial charge < -0.3 is 59.4 Å². The number of aliphatic imine (C=N–C) groups is 2. The van der Waals surface area contributed by atoms with Crippen LogP contribution in [0, 0.1) is 11.7 Å². The van der Waals surface area contributed by atoms with Gasteiger partial charge in [-0.3, -0.25) is 38.8 Å². The molecule has 4 N–H and O–H groups in total. The first-order valence-corrected chi connectivity index (χ1v) is 26.9. The van der Waals surface area contributed by atoms with Gasteiger partial charge >= 0.3 is 0 Å². The van der Waals surface area contributed by atoms with Crippen LogP contribution in [-0.4, -0.2) is 139 Å². The van der Waals surface area contributed by atoms with Crippen molar-refractivity contribution in [3.05, 3.63) is 119 Å². The van der Waals surface area contributed by atoms with Crippen LogP contribution in [0.15, 0.2) is 101 Å². The Morgan fingerprint density at radius 3 is 1.78 bits per heavy atom. The van der Waals surface area contributed by atoms with E-state index in [1.807, 2.05) is 12.1 Å². The Morgan fingerprint density at radius 2 is 1.25 bits per heavy atom. The van der Waals surface area contributed by atoms with Crippen molar-refractivity contribution in [1.29, 1.82) is 0 Å². The Kier molecular flexibility index (Phi) is 17.6. The molecular weight excluding hydrogens is 1040 g/mol. The first-order chi connectivity index (χ1) is 39.0. The first-order valence-electron chi connectivity index (χ1n) is 26.9. The summed E-state index contributed by atoms with van der Waals surface area (Å²) in [5.41, 5.74) is 5.18. The van der Waals surface area contributed by atoms with E-state index in [0.29, 0.717) is 102 Å². The molecule has 1 unspecified atom stereocenters. The van der Waals surface area contributed by atoms with E-state index >= 15 is 0 Å². The standard InChI is InChI=1S/C60H65FN8O12/c1-34(2)56(66-53(70)11-8-7-9-20-67-54(71)18-19-55(67)72)58(74)64-35(3)57(73)65-40-15-12-36(13-16-40)38-23-41-30-62-46-28-51(49(78-5)26-43(46)59(75)68(41)32-38)80-21-10-22-81-52-29-47-44(27-50(52)79-6)60(76)69-33-39(24-42(69)31-63-47)37-14-17-48(77-4)45(61)25-37/h12-19,25-35,41-42,54,56,71H,7-11,20-24H2,1-6H3,(H,64,74)(H,65,73)(H,66,70)/t35-,41-,42-,54?,56-/m0/s1. The summed E-state index contributed by atoms with van der Waals surface area (Å²) in [6.45, 7) is 5.99. The summed E-state index contributed by atoms with van der Waals surface area (Å²) in [5.74, 6) is -1.14. The summed E-state index contributed by atoms with van der Waals surface area (Å²) >= 11 is 0. The minimum Gasteiger partial charge on any atom is -0.494 e. The lowest BCUT2D eigenvalue weighted by Gasteiger charge is -2.24. The molecule has 0 radical (unpaired) electrons. The number of hydrogen-bond acceptors (Lipinski definition) is 14. The average molecular weight is 1110 g/mol. The molecule has 0 spiro atoms. The lowest BCUT2D eigenvalue weighted by molar-refractivity contribution is -0.132. The van der Waals surface area contributed by atoms with E-state index in [0.717, 1.165) is 16.7 Å². The van der Waals surface area contributed by atoms with Gasteiger partial charge in [-0.05, 0) is 90.4 Å². The molecule has 5 heterocycles. The third-order valence-electron chi connectivity index (χ3n) is 14.6. The van der Waals surface area contributed by atoms with E-state index in [2.05, 4.69) is 20.9 Å². The van der Waals surface area contributed by atoms with Crippen LogP contribution in [0.4, 0.5) is 21.5 Å². The summed E-state index contributed by atoms with van der Waals surface area (Å²) in [7, 11) is 4.39. The zero-order chi connectivity index (χ0) is 57.5. The molecule has 21 heteroatoms. The molecule has 0 bridgehead atoms. The molecule has 5 aliphatic rings. The molecule has 4 aromatic carbocycles. The number of fused-ring (bicyclic) bond motifs is 4. The van der Waals surface area contributed by atoms with Crippen molar-refractivity contribution in [1.82, 2.24) is 25.3 Å². The Morgan fingerprint density at radius 1 is 0.679 bits per heavy atom. The fraction of sp³-hybridized carbons (Fsp3) is 0.367. The van der Waals surface area contributed by atoms with Gasteiger partial charge in [0, 0.05) is 81.0 Å². The van der Waals surface area contributed by atoms with E-state index in [9.17, 15) is 38.3 Å². The number of halogens is 1. The van der Waals surface area contributed by atoms with Gasteiger partial charge in [0.05, 0.1) is 69.1 Å². The molecule has 0 fully saturated rings. The molecule has 4 aromatic rings. The summed E-state index contributed by atoms with van der Waals surface area (Å²) in [4.78, 5) is 93.1. The summed E-state index contributed by atoms with van der Waals surface area (Å²) in [6.07, 6.45) is 12.2. The number of anilines is 1. The Balaban J connectivity index is 0.741. The van der Waals surface area contributed by atoms with Gasteiger partial charge in [0.25, 0.3) is 11.8 Å². The smallest absolute Gasteiger partial charge is 0.260 e. The highest BCUT2D eigenvalue weighted by molar-refractivity contribution is 6.07. The zero-order valence-corrected chi connectivity index (χ0v) is 45.9.